The number of hydrogen-bond donors (Lipinski definition) is 1. The predicted molar refractivity (Wildman–Crippen MR) is 248 cm³/mol. The van der Waals surface area contributed by atoms with Crippen molar-refractivity contribution in [1.82, 2.24) is 14.5 Å². The van der Waals surface area contributed by atoms with E-state index in [0.717, 1.165) is 89.2 Å². The molecule has 0 saturated carbocycles. The van der Waals surface area contributed by atoms with Crippen molar-refractivity contribution >= 4 is 22.0 Å². The van der Waals surface area contributed by atoms with Gasteiger partial charge >= 0.3 is 0 Å². The Morgan fingerprint density at radius 3 is 2.03 bits per heavy atom. The summed E-state index contributed by atoms with van der Waals surface area (Å²) >= 11 is 0. The summed E-state index contributed by atoms with van der Waals surface area (Å²) in [6.45, 7) is 19.5. The van der Waals surface area contributed by atoms with Gasteiger partial charge in [-0.15, -0.1) is 29.8 Å². The molecule has 0 aliphatic rings. The number of aryl methyl sites for hydroxylation is 3. The van der Waals surface area contributed by atoms with E-state index in [1.807, 2.05) is 18.3 Å². The Labute approximate surface area is 373 Å². The molecule has 0 spiro atoms. The van der Waals surface area contributed by atoms with Crippen LogP contribution in [0.15, 0.2) is 138 Å². The zero-order valence-electron chi connectivity index (χ0n) is 36.2. The smallest absolute Gasteiger partial charge is 0.148 e. The molecule has 0 bridgehead atoms. The van der Waals surface area contributed by atoms with E-state index in [4.69, 9.17) is 14.4 Å². The molecule has 1 N–H and O–H groups in total. The molecule has 6 aromatic carbocycles. The summed E-state index contributed by atoms with van der Waals surface area (Å²) in [4.78, 5) is 10.5. The number of imidazole rings is 1. The minimum absolute atomic E-state index is 0. The summed E-state index contributed by atoms with van der Waals surface area (Å²) in [7, 11) is 0. The van der Waals surface area contributed by atoms with Crippen LogP contribution in [0.1, 0.15) is 69.4 Å². The standard InChI is InChI=1S/C55H50N3O2.Pt/c1-33-18-15-19-34(2)47(33)52-35(3)48-46(60-52)28-29-56-49(48)38-23-16-22-37(30-38)41-25-17-27-45-50(41)57-53(42-31-39(54(4,5)6)32-43(51(42)59)55(7,8)9)58(45)44-26-14-13-24-40(44)36-20-11-10-12-21-36;/h10-29,31-32,59H,1-9H3;/q-1;. The molecule has 0 atom stereocenters. The summed E-state index contributed by atoms with van der Waals surface area (Å²) in [6, 6.07) is 47.8. The van der Waals surface area contributed by atoms with Gasteiger partial charge in [0.1, 0.15) is 22.9 Å². The number of fused-ring (bicyclic) bond motifs is 2. The number of rotatable bonds is 6. The quantitative estimate of drug-likeness (QED) is 0.169. The number of aromatic nitrogens is 3. The summed E-state index contributed by atoms with van der Waals surface area (Å²) in [5.41, 5.74) is 15.9. The maximum Gasteiger partial charge on any atom is 0.148 e. The Hall–Kier alpha value is -6.03. The first-order chi connectivity index (χ1) is 28.7. The molecule has 9 rings (SSSR count). The van der Waals surface area contributed by atoms with Crippen LogP contribution < -0.4 is 0 Å². The molecular weight excluding hydrogens is 930 g/mol. The van der Waals surface area contributed by atoms with Crippen molar-refractivity contribution in [3.8, 4) is 67.7 Å². The molecule has 9 aromatic rings. The second-order valence-electron chi connectivity index (χ2n) is 18.1. The fraction of sp³-hybridized carbons (Fsp3) is 0.200. The Bertz CT molecular complexity index is 3080. The first-order valence-corrected chi connectivity index (χ1v) is 20.7. The maximum atomic E-state index is 12.3. The van der Waals surface area contributed by atoms with Gasteiger partial charge in [0, 0.05) is 55.0 Å². The van der Waals surface area contributed by atoms with Gasteiger partial charge in [-0.3, -0.25) is 9.55 Å². The molecule has 6 heteroatoms. The first-order valence-electron chi connectivity index (χ1n) is 20.7. The third-order valence-electron chi connectivity index (χ3n) is 11.8. The van der Waals surface area contributed by atoms with Crippen molar-refractivity contribution in [1.29, 1.82) is 0 Å². The number of phenols is 1. The summed E-state index contributed by atoms with van der Waals surface area (Å²) in [5, 5.41) is 13.3. The van der Waals surface area contributed by atoms with Crippen molar-refractivity contribution < 1.29 is 30.6 Å². The monoisotopic (exact) mass is 979 g/mol. The molecule has 0 unspecified atom stereocenters. The average Bonchev–Trinajstić information content (AvgIpc) is 3.78. The minimum Gasteiger partial charge on any atom is -0.507 e. The van der Waals surface area contributed by atoms with E-state index >= 15 is 0 Å². The summed E-state index contributed by atoms with van der Waals surface area (Å²) in [6.07, 6.45) is 1.82. The summed E-state index contributed by atoms with van der Waals surface area (Å²) in [5.74, 6) is 1.79. The van der Waals surface area contributed by atoms with Gasteiger partial charge in [-0.2, -0.15) is 0 Å². The molecule has 0 amide bonds. The zero-order chi connectivity index (χ0) is 42.1. The van der Waals surface area contributed by atoms with Gasteiger partial charge in [0.15, 0.2) is 0 Å². The van der Waals surface area contributed by atoms with Crippen LogP contribution in [0.4, 0.5) is 0 Å². The normalized spacial score (nSPS) is 12.0. The SMILES string of the molecule is Cc1cccc(C)c1-c1oc2ccnc(-c3[c-]c(-c4cccc5c4nc(-c4cc(C(C)(C)C)cc(C(C)(C)C)c4O)n5-c4ccccc4-c4ccccc4)ccc3)c2c1C.[Pt]. The summed E-state index contributed by atoms with van der Waals surface area (Å²) < 4.78 is 8.83. The molecule has 3 aromatic heterocycles. The van der Waals surface area contributed by atoms with Crippen LogP contribution in [0.25, 0.3) is 83.9 Å². The number of benzene rings is 6. The predicted octanol–water partition coefficient (Wildman–Crippen LogP) is 14.5. The molecule has 0 aliphatic heterocycles. The van der Waals surface area contributed by atoms with Crippen LogP contribution in [0.5, 0.6) is 5.75 Å². The van der Waals surface area contributed by atoms with Gasteiger partial charge in [-0.25, -0.2) is 4.98 Å². The van der Waals surface area contributed by atoms with E-state index in [2.05, 4.69) is 188 Å². The van der Waals surface area contributed by atoms with Crippen molar-refractivity contribution in [2.45, 2.75) is 73.1 Å². The number of furan rings is 1. The first kappa shape index (κ1) is 41.7. The van der Waals surface area contributed by atoms with E-state index in [1.165, 1.54) is 11.1 Å². The molecule has 3 heterocycles. The molecule has 0 saturated heterocycles. The van der Waals surface area contributed by atoms with E-state index in [9.17, 15) is 5.11 Å². The van der Waals surface area contributed by atoms with Gasteiger partial charge in [-0.1, -0.05) is 138 Å². The number of aromatic hydroxyl groups is 1. The second kappa shape index (κ2) is 15.8. The van der Waals surface area contributed by atoms with Gasteiger partial charge in [0.2, 0.25) is 0 Å². The van der Waals surface area contributed by atoms with Crippen molar-refractivity contribution in [2.75, 3.05) is 0 Å². The molecule has 0 fully saturated rings. The van der Waals surface area contributed by atoms with Gasteiger partial charge in [-0.05, 0) is 83.7 Å². The fourth-order valence-corrected chi connectivity index (χ4v) is 8.65. The van der Waals surface area contributed by atoms with Crippen LogP contribution >= 0.6 is 0 Å². The maximum absolute atomic E-state index is 12.3. The molecule has 61 heavy (non-hydrogen) atoms. The van der Waals surface area contributed by atoms with E-state index in [0.29, 0.717) is 11.4 Å². The van der Waals surface area contributed by atoms with Crippen molar-refractivity contribution in [2.24, 2.45) is 0 Å². The topological polar surface area (TPSA) is 64.1 Å². The van der Waals surface area contributed by atoms with Gasteiger partial charge in [0.25, 0.3) is 0 Å². The van der Waals surface area contributed by atoms with E-state index in [-0.39, 0.29) is 37.6 Å². The van der Waals surface area contributed by atoms with Crippen molar-refractivity contribution in [3.05, 3.63) is 167 Å². The Morgan fingerprint density at radius 2 is 1.31 bits per heavy atom. The Kier molecular flexibility index (Phi) is 10.8. The minimum atomic E-state index is -0.316. The van der Waals surface area contributed by atoms with Crippen LogP contribution in [-0.2, 0) is 31.9 Å². The molecule has 5 nitrogen and oxygen atoms in total. The van der Waals surface area contributed by atoms with Crippen LogP contribution in [-0.4, -0.2) is 19.6 Å². The molecule has 0 aliphatic carbocycles. The van der Waals surface area contributed by atoms with E-state index < -0.39 is 0 Å². The van der Waals surface area contributed by atoms with Crippen LogP contribution in [0, 0.1) is 26.8 Å². The molecular formula is C55H50N3O2Pt-. The third kappa shape index (κ3) is 7.33. The number of hydrogen-bond acceptors (Lipinski definition) is 4. The van der Waals surface area contributed by atoms with Crippen LogP contribution in [0.2, 0.25) is 0 Å². The van der Waals surface area contributed by atoms with Crippen LogP contribution in [0.3, 0.4) is 0 Å². The molecule has 0 radical (unpaired) electrons. The number of nitrogens with zero attached hydrogens (tertiary/aromatic N) is 3. The third-order valence-corrected chi connectivity index (χ3v) is 11.8. The Balaban J connectivity index is 0.00000514. The average molecular weight is 980 g/mol. The van der Waals surface area contributed by atoms with Gasteiger partial charge < -0.3 is 9.52 Å². The van der Waals surface area contributed by atoms with Crippen molar-refractivity contribution in [3.63, 3.8) is 0 Å². The van der Waals surface area contributed by atoms with E-state index in [1.54, 1.807) is 0 Å². The number of pyridine rings is 1. The molecule has 308 valence electrons. The largest absolute Gasteiger partial charge is 0.507 e. The second-order valence-corrected chi connectivity index (χ2v) is 18.1. The Morgan fingerprint density at radius 1 is 0.656 bits per heavy atom. The number of phenolic OH excluding ortho intramolecular Hbond substituents is 1. The zero-order valence-corrected chi connectivity index (χ0v) is 38.5. The number of para-hydroxylation sites is 2. The van der Waals surface area contributed by atoms with Gasteiger partial charge in [0.05, 0.1) is 22.3 Å². The fourth-order valence-electron chi connectivity index (χ4n) is 8.65.